The van der Waals surface area contributed by atoms with Crippen LogP contribution in [0.5, 0.6) is 11.5 Å². The third-order valence-corrected chi connectivity index (χ3v) is 11.6. The maximum atomic E-state index is 15.0. The number of unbranched alkanes of at least 4 members (excludes halogenated alkanes) is 1. The molecule has 0 saturated carbocycles. The molecule has 16 heteroatoms. The van der Waals surface area contributed by atoms with E-state index in [2.05, 4.69) is 10.6 Å². The first-order chi connectivity index (χ1) is 32.4. The molecule has 4 aromatic rings. The van der Waals surface area contributed by atoms with Crippen molar-refractivity contribution in [3.05, 3.63) is 107 Å². The number of fused-ring (bicyclic) bond motifs is 5. The lowest BCUT2D eigenvalue weighted by atomic mass is 9.88. The Bertz CT molecular complexity index is 2530. The number of hydrogen-bond acceptors (Lipinski definition) is 12. The van der Waals surface area contributed by atoms with E-state index in [-0.39, 0.29) is 66.2 Å². The second kappa shape index (κ2) is 23.0. The second-order valence-corrected chi connectivity index (χ2v) is 19.7. The number of Topliss-reactive ketones (excluding diaryl/α,β-unsaturated/α-hetero) is 2. The summed E-state index contributed by atoms with van der Waals surface area (Å²) in [5, 5.41) is 17.5. The summed E-state index contributed by atoms with van der Waals surface area (Å²) >= 11 is 6.09. The van der Waals surface area contributed by atoms with Crippen LogP contribution in [-0.2, 0) is 39.8 Å². The predicted octanol–water partition coefficient (Wildman–Crippen LogP) is 9.59. The van der Waals surface area contributed by atoms with Crippen molar-refractivity contribution in [3.63, 3.8) is 0 Å². The van der Waals surface area contributed by atoms with Gasteiger partial charge in [-0.2, -0.15) is 0 Å². The van der Waals surface area contributed by atoms with Crippen molar-refractivity contribution in [2.45, 2.75) is 110 Å². The number of carbonyl (C=O) groups is 7. The van der Waals surface area contributed by atoms with Crippen LogP contribution in [0.3, 0.4) is 0 Å². The highest BCUT2D eigenvalue weighted by atomic mass is 35.5. The average Bonchev–Trinajstić information content (AvgIpc) is 3.27. The fourth-order valence-electron chi connectivity index (χ4n) is 7.90. The van der Waals surface area contributed by atoms with Crippen LogP contribution in [0.25, 0.3) is 22.3 Å². The Kier molecular flexibility index (Phi) is 17.8. The molecule has 0 radical (unpaired) electrons. The van der Waals surface area contributed by atoms with Crippen molar-refractivity contribution >= 4 is 53.2 Å². The van der Waals surface area contributed by atoms with E-state index in [1.807, 2.05) is 24.3 Å². The Morgan fingerprint density at radius 3 is 2.09 bits per heavy atom. The molecule has 4 bridgehead atoms. The minimum Gasteiger partial charge on any atom is -0.507 e. The fraction of sp³-hybridized carbons (Fsp3) is 0.415. The smallest absolute Gasteiger partial charge is 0.507 e. The van der Waals surface area contributed by atoms with Gasteiger partial charge in [-0.1, -0.05) is 73.5 Å². The van der Waals surface area contributed by atoms with Gasteiger partial charge in [-0.05, 0) is 113 Å². The van der Waals surface area contributed by atoms with E-state index in [1.54, 1.807) is 77.9 Å². The number of alkyl carbamates (subject to hydrolysis) is 1. The first kappa shape index (κ1) is 53.2. The van der Waals surface area contributed by atoms with Gasteiger partial charge in [0.1, 0.15) is 34.8 Å². The summed E-state index contributed by atoms with van der Waals surface area (Å²) in [7, 11) is 2.62. The zero-order valence-electron chi connectivity index (χ0n) is 40.6. The van der Waals surface area contributed by atoms with Crippen molar-refractivity contribution in [1.29, 1.82) is 0 Å². The minimum atomic E-state index is -1.37. The Hall–Kier alpha value is -6.74. The number of ether oxygens (including phenoxy) is 4. The van der Waals surface area contributed by atoms with E-state index < -0.39 is 70.9 Å². The van der Waals surface area contributed by atoms with Gasteiger partial charge in [0.05, 0.1) is 7.11 Å². The number of methoxy groups -OCH3 is 1. The van der Waals surface area contributed by atoms with Crippen LogP contribution in [0.4, 0.5) is 9.59 Å². The van der Waals surface area contributed by atoms with Crippen molar-refractivity contribution in [3.8, 4) is 33.8 Å². The monoisotopic (exact) mass is 967 g/mol. The Labute approximate surface area is 408 Å². The van der Waals surface area contributed by atoms with E-state index in [4.69, 9.17) is 30.5 Å². The number of carbonyl (C=O) groups excluding carboxylic acids is 7. The molecule has 1 heterocycles. The minimum absolute atomic E-state index is 0.0342. The van der Waals surface area contributed by atoms with Crippen LogP contribution in [0.1, 0.15) is 108 Å². The summed E-state index contributed by atoms with van der Waals surface area (Å²) in [5.74, 6) is -5.03. The molecular formula is C53H62ClN3O12. The van der Waals surface area contributed by atoms with Gasteiger partial charge >= 0.3 is 18.2 Å². The van der Waals surface area contributed by atoms with Crippen molar-refractivity contribution in [2.24, 2.45) is 11.8 Å². The number of hydrogen-bond donors (Lipinski definition) is 3. The van der Waals surface area contributed by atoms with Crippen LogP contribution in [-0.4, -0.2) is 89.6 Å². The molecule has 0 saturated heterocycles. The normalized spacial score (nSPS) is 16.8. The third kappa shape index (κ3) is 15.1. The lowest BCUT2D eigenvalue weighted by Crippen LogP contribution is -2.46. The summed E-state index contributed by atoms with van der Waals surface area (Å²) in [6.45, 7) is 12.0. The first-order valence-electron chi connectivity index (χ1n) is 22.8. The van der Waals surface area contributed by atoms with Gasteiger partial charge in [0, 0.05) is 66.4 Å². The highest BCUT2D eigenvalue weighted by Crippen LogP contribution is 2.41. The van der Waals surface area contributed by atoms with Crippen LogP contribution in [0.15, 0.2) is 84.9 Å². The number of esters is 1. The van der Waals surface area contributed by atoms with E-state index in [0.29, 0.717) is 29.0 Å². The lowest BCUT2D eigenvalue weighted by molar-refractivity contribution is -0.146. The molecule has 0 aliphatic carbocycles. The molecule has 368 valence electrons. The summed E-state index contributed by atoms with van der Waals surface area (Å²) in [6.07, 6.45) is -1.26. The first-order valence-corrected chi connectivity index (χ1v) is 23.2. The maximum Gasteiger partial charge on any atom is 0.514 e. The highest BCUT2D eigenvalue weighted by Gasteiger charge is 2.36. The van der Waals surface area contributed by atoms with E-state index in [0.717, 1.165) is 11.1 Å². The number of halogens is 1. The fourth-order valence-corrected chi connectivity index (χ4v) is 8.03. The van der Waals surface area contributed by atoms with Crippen molar-refractivity contribution < 1.29 is 57.6 Å². The molecule has 5 rings (SSSR count). The lowest BCUT2D eigenvalue weighted by Gasteiger charge is -2.32. The van der Waals surface area contributed by atoms with Gasteiger partial charge in [0.15, 0.2) is 11.6 Å². The maximum absolute atomic E-state index is 15.0. The number of phenols is 1. The Morgan fingerprint density at radius 1 is 0.826 bits per heavy atom. The summed E-state index contributed by atoms with van der Waals surface area (Å²) in [6, 6.07) is 20.7. The zero-order valence-corrected chi connectivity index (χ0v) is 41.4. The number of nitrogens with one attached hydrogen (secondary N) is 2. The van der Waals surface area contributed by atoms with Gasteiger partial charge in [-0.15, -0.1) is 0 Å². The number of nitrogens with zero attached hydrogens (tertiary/aromatic N) is 1. The standard InChI is InChI=1S/C53H62ClN3O12/c1-31-26-44(60)46(36-20-23-42(58)39(29-36)40-27-32(28-41(49(63)66-9)56-47(31)61)13-24-45(40)67-51(65)69-53(5,6)7)57(8)48(62)37(12-10-11-25-55-50(64)68-52(2,3)4)30-43(59)35-16-14-33(15-17-35)34-18-21-38(54)22-19-34/h13-24,27,29,31,37,41,46,58H,10-12,25-26,28,30H2,1-9H3,(H,55,64)(H,56,61)/t31-,37-,41+,46+/m1/s1. The number of aromatic hydroxyl groups is 1. The predicted molar refractivity (Wildman–Crippen MR) is 260 cm³/mol. The van der Waals surface area contributed by atoms with Gasteiger partial charge < -0.3 is 39.6 Å². The van der Waals surface area contributed by atoms with Crippen LogP contribution in [0.2, 0.25) is 5.02 Å². The molecule has 4 aromatic carbocycles. The molecular weight excluding hydrogens is 906 g/mol. The topological polar surface area (TPSA) is 204 Å². The number of phenolic OH excluding ortho intramolecular Hbond substituents is 1. The van der Waals surface area contributed by atoms with E-state index >= 15 is 0 Å². The Balaban J connectivity index is 1.55. The molecule has 15 nitrogen and oxygen atoms in total. The molecule has 3 amide bonds. The van der Waals surface area contributed by atoms with E-state index in [9.17, 15) is 38.7 Å². The molecule has 4 atom stereocenters. The third-order valence-electron chi connectivity index (χ3n) is 11.3. The summed E-state index contributed by atoms with van der Waals surface area (Å²) < 4.78 is 21.5. The van der Waals surface area contributed by atoms with Gasteiger partial charge in [0.2, 0.25) is 11.8 Å². The zero-order chi connectivity index (χ0) is 50.8. The molecule has 0 spiro atoms. The highest BCUT2D eigenvalue weighted by molar-refractivity contribution is 6.30. The number of likely N-dealkylation sites (N-methyl/N-ethyl adjacent to an activating group) is 1. The quantitative estimate of drug-likeness (QED) is 0.0377. The molecule has 0 fully saturated rings. The Morgan fingerprint density at radius 2 is 1.46 bits per heavy atom. The van der Waals surface area contributed by atoms with Crippen LogP contribution < -0.4 is 15.4 Å². The number of rotatable bonds is 13. The van der Waals surface area contributed by atoms with Crippen molar-refractivity contribution in [2.75, 3.05) is 20.7 Å². The largest absolute Gasteiger partial charge is 0.514 e. The van der Waals surface area contributed by atoms with Crippen LogP contribution in [0, 0.1) is 11.8 Å². The molecule has 1 aliphatic rings. The number of amides is 3. The average molecular weight is 969 g/mol. The van der Waals surface area contributed by atoms with Crippen molar-refractivity contribution in [1.82, 2.24) is 15.5 Å². The SMILES string of the molecule is COC(=O)[C@@H]1Cc2ccc(OC(=O)OC(C)(C)C)c(c2)-c2cc(ccc2O)[C@H](N(C)C(=O)[C@H](CCCCNC(=O)OC(C)(C)C)CC(=O)c2ccc(-c3ccc(Cl)cc3)cc2)C(=O)C[C@@H](C)C(=O)N1. The number of benzene rings is 4. The van der Waals surface area contributed by atoms with Crippen LogP contribution >= 0.6 is 11.6 Å². The second-order valence-electron chi connectivity index (χ2n) is 19.2. The summed E-state index contributed by atoms with van der Waals surface area (Å²) in [4.78, 5) is 97.2. The van der Waals surface area contributed by atoms with Gasteiger partial charge in [-0.3, -0.25) is 19.2 Å². The molecule has 1 aliphatic heterocycles. The van der Waals surface area contributed by atoms with Gasteiger partial charge in [0.25, 0.3) is 0 Å². The molecule has 0 unspecified atom stereocenters. The van der Waals surface area contributed by atoms with Gasteiger partial charge in [-0.25, -0.2) is 14.4 Å². The molecule has 3 N–H and O–H groups in total. The molecule has 0 aromatic heterocycles. The van der Waals surface area contributed by atoms with E-state index in [1.165, 1.54) is 50.2 Å². The number of ketones is 2. The summed E-state index contributed by atoms with van der Waals surface area (Å²) in [5.41, 5.74) is 1.52. The molecule has 69 heavy (non-hydrogen) atoms.